The Labute approximate surface area is 119 Å². The maximum atomic E-state index is 13.6. The highest BCUT2D eigenvalue weighted by Crippen LogP contribution is 2.18. The van der Waals surface area contributed by atoms with E-state index in [0.717, 1.165) is 32.1 Å². The van der Waals surface area contributed by atoms with E-state index in [2.05, 4.69) is 34.4 Å². The van der Waals surface area contributed by atoms with E-state index in [9.17, 15) is 8.78 Å². The molecule has 0 amide bonds. The van der Waals surface area contributed by atoms with Crippen molar-refractivity contribution in [3.63, 3.8) is 0 Å². The van der Waals surface area contributed by atoms with Crippen molar-refractivity contribution in [3.05, 3.63) is 17.7 Å². The van der Waals surface area contributed by atoms with Gasteiger partial charge in [0.15, 0.2) is 23.3 Å². The van der Waals surface area contributed by atoms with Crippen LogP contribution >= 0.6 is 0 Å². The van der Waals surface area contributed by atoms with E-state index < -0.39 is 11.6 Å². The maximum absolute atomic E-state index is 13.6. The quantitative estimate of drug-likeness (QED) is 0.732. The fraction of sp³-hybridized carbons (Fsp3) is 0.643. The molecular formula is C14H24F2N4. The molecule has 0 aliphatic heterocycles. The van der Waals surface area contributed by atoms with Gasteiger partial charge in [-0.25, -0.2) is 13.8 Å². The van der Waals surface area contributed by atoms with Crippen molar-refractivity contribution in [2.45, 2.75) is 27.2 Å². The zero-order valence-corrected chi connectivity index (χ0v) is 12.5. The molecule has 0 saturated carbocycles. The highest BCUT2D eigenvalue weighted by molar-refractivity contribution is 5.47. The van der Waals surface area contributed by atoms with Crippen molar-refractivity contribution in [1.82, 2.24) is 9.88 Å². The van der Waals surface area contributed by atoms with Gasteiger partial charge in [0, 0.05) is 25.7 Å². The third kappa shape index (κ3) is 4.92. The first-order chi connectivity index (χ1) is 9.62. The highest BCUT2D eigenvalue weighted by atomic mass is 19.1. The summed E-state index contributed by atoms with van der Waals surface area (Å²) in [6.07, 6.45) is 0.850. The number of pyridine rings is 1. The van der Waals surface area contributed by atoms with Gasteiger partial charge in [0.05, 0.1) is 0 Å². The van der Waals surface area contributed by atoms with Gasteiger partial charge < -0.3 is 15.5 Å². The van der Waals surface area contributed by atoms with Gasteiger partial charge in [0.1, 0.15) is 0 Å². The minimum Gasteiger partial charge on any atom is -0.368 e. The van der Waals surface area contributed by atoms with Crippen LogP contribution in [0.5, 0.6) is 0 Å². The third-order valence-electron chi connectivity index (χ3n) is 3.09. The summed E-state index contributed by atoms with van der Waals surface area (Å²) >= 11 is 0. The van der Waals surface area contributed by atoms with Crippen LogP contribution in [0.2, 0.25) is 0 Å². The molecule has 1 heterocycles. The summed E-state index contributed by atoms with van der Waals surface area (Å²) in [5.74, 6) is -1.13. The fourth-order valence-electron chi connectivity index (χ4n) is 1.83. The van der Waals surface area contributed by atoms with E-state index in [0.29, 0.717) is 13.1 Å². The molecule has 6 heteroatoms. The van der Waals surface area contributed by atoms with E-state index in [1.165, 1.54) is 0 Å². The zero-order valence-electron chi connectivity index (χ0n) is 12.5. The summed E-state index contributed by atoms with van der Waals surface area (Å²) in [6.45, 7) is 9.99. The molecule has 114 valence electrons. The molecule has 1 aromatic rings. The van der Waals surface area contributed by atoms with Gasteiger partial charge in [-0.2, -0.15) is 0 Å². The molecular weight excluding hydrogens is 262 g/mol. The molecule has 1 aromatic heterocycles. The van der Waals surface area contributed by atoms with Crippen LogP contribution in [0.15, 0.2) is 6.07 Å². The smallest absolute Gasteiger partial charge is 0.168 e. The largest absolute Gasteiger partial charge is 0.368 e. The molecule has 0 aromatic carbocycles. The summed E-state index contributed by atoms with van der Waals surface area (Å²) in [4.78, 5) is 6.18. The SMILES string of the molecule is CCCNc1nc(NCCN(CC)CC)c(F)cc1F. The first-order valence-corrected chi connectivity index (χ1v) is 7.18. The van der Waals surface area contributed by atoms with Gasteiger partial charge in [0.25, 0.3) is 0 Å². The number of aromatic nitrogens is 1. The average molecular weight is 286 g/mol. The van der Waals surface area contributed by atoms with E-state index >= 15 is 0 Å². The second-order valence-corrected chi connectivity index (χ2v) is 4.53. The first-order valence-electron chi connectivity index (χ1n) is 7.18. The van der Waals surface area contributed by atoms with Crippen LogP contribution in [0.3, 0.4) is 0 Å². The second kappa shape index (κ2) is 8.68. The summed E-state index contributed by atoms with van der Waals surface area (Å²) in [5, 5.41) is 5.77. The molecule has 0 atom stereocenters. The van der Waals surface area contributed by atoms with Gasteiger partial charge in [-0.1, -0.05) is 20.8 Å². The lowest BCUT2D eigenvalue weighted by molar-refractivity contribution is 0.315. The number of hydrogen-bond acceptors (Lipinski definition) is 4. The molecule has 20 heavy (non-hydrogen) atoms. The Hall–Kier alpha value is -1.43. The number of hydrogen-bond donors (Lipinski definition) is 2. The minimum absolute atomic E-state index is 0.0946. The van der Waals surface area contributed by atoms with Gasteiger partial charge in [-0.05, 0) is 19.5 Å². The summed E-state index contributed by atoms with van der Waals surface area (Å²) in [6, 6.07) is 0.866. The number of halogens is 2. The van der Waals surface area contributed by atoms with Gasteiger partial charge in [-0.3, -0.25) is 0 Å². The van der Waals surface area contributed by atoms with Gasteiger partial charge in [-0.15, -0.1) is 0 Å². The molecule has 0 saturated heterocycles. The summed E-state index contributed by atoms with van der Waals surface area (Å²) < 4.78 is 27.1. The Kier molecular flexibility index (Phi) is 7.22. The standard InChI is InChI=1S/C14H24F2N4/c1-4-7-17-13-11(15)10-12(16)14(19-13)18-8-9-20(5-2)6-3/h10H,4-9H2,1-3H3,(H2,17,18,19). The lowest BCUT2D eigenvalue weighted by Gasteiger charge is -2.18. The van der Waals surface area contributed by atoms with Crippen molar-refractivity contribution in [2.24, 2.45) is 0 Å². The molecule has 0 spiro atoms. The molecule has 1 rings (SSSR count). The van der Waals surface area contributed by atoms with Crippen molar-refractivity contribution in [1.29, 1.82) is 0 Å². The second-order valence-electron chi connectivity index (χ2n) is 4.53. The van der Waals surface area contributed by atoms with Gasteiger partial charge >= 0.3 is 0 Å². The zero-order chi connectivity index (χ0) is 15.0. The van der Waals surface area contributed by atoms with Crippen LogP contribution in [0, 0.1) is 11.6 Å². The third-order valence-corrected chi connectivity index (χ3v) is 3.09. The monoisotopic (exact) mass is 286 g/mol. The molecule has 2 N–H and O–H groups in total. The molecule has 0 aliphatic carbocycles. The molecule has 0 radical (unpaired) electrons. The topological polar surface area (TPSA) is 40.2 Å². The lowest BCUT2D eigenvalue weighted by atomic mass is 10.3. The van der Waals surface area contributed by atoms with Crippen molar-refractivity contribution < 1.29 is 8.78 Å². The molecule has 4 nitrogen and oxygen atoms in total. The lowest BCUT2D eigenvalue weighted by Crippen LogP contribution is -2.29. The van der Waals surface area contributed by atoms with Crippen LogP contribution in [0.4, 0.5) is 20.4 Å². The Morgan fingerprint density at radius 2 is 1.55 bits per heavy atom. The average Bonchev–Trinajstić information content (AvgIpc) is 2.44. The van der Waals surface area contributed by atoms with Crippen LogP contribution < -0.4 is 10.6 Å². The van der Waals surface area contributed by atoms with E-state index in [4.69, 9.17) is 0 Å². The minimum atomic E-state index is -0.663. The number of likely N-dealkylation sites (N-methyl/N-ethyl adjacent to an activating group) is 1. The van der Waals surface area contributed by atoms with Crippen molar-refractivity contribution in [2.75, 3.05) is 43.4 Å². The van der Waals surface area contributed by atoms with Crippen LogP contribution in [0.25, 0.3) is 0 Å². The van der Waals surface area contributed by atoms with Crippen LogP contribution in [-0.4, -0.2) is 42.6 Å². The Balaban J connectivity index is 2.64. The Morgan fingerprint density at radius 1 is 1.00 bits per heavy atom. The Bertz CT molecular complexity index is 408. The highest BCUT2D eigenvalue weighted by Gasteiger charge is 2.11. The van der Waals surface area contributed by atoms with Crippen molar-refractivity contribution in [3.8, 4) is 0 Å². The fourth-order valence-corrected chi connectivity index (χ4v) is 1.83. The van der Waals surface area contributed by atoms with Gasteiger partial charge in [0.2, 0.25) is 0 Å². The van der Waals surface area contributed by atoms with E-state index in [1.807, 2.05) is 6.92 Å². The summed E-state index contributed by atoms with van der Waals surface area (Å²) in [7, 11) is 0. The molecule has 0 aliphatic rings. The number of rotatable bonds is 9. The van der Waals surface area contributed by atoms with E-state index in [-0.39, 0.29) is 11.6 Å². The van der Waals surface area contributed by atoms with Crippen LogP contribution in [0.1, 0.15) is 27.2 Å². The first kappa shape index (κ1) is 16.6. The maximum Gasteiger partial charge on any atom is 0.168 e. The van der Waals surface area contributed by atoms with E-state index in [1.54, 1.807) is 0 Å². The number of nitrogens with one attached hydrogen (secondary N) is 2. The van der Waals surface area contributed by atoms with Crippen molar-refractivity contribution >= 4 is 11.6 Å². The predicted molar refractivity (Wildman–Crippen MR) is 79.2 cm³/mol. The van der Waals surface area contributed by atoms with Crippen LogP contribution in [-0.2, 0) is 0 Å². The molecule has 0 unspecified atom stereocenters. The molecule has 0 bridgehead atoms. The summed E-state index contributed by atoms with van der Waals surface area (Å²) in [5.41, 5.74) is 0. The predicted octanol–water partition coefficient (Wildman–Crippen LogP) is 2.94. The number of nitrogens with zero attached hydrogens (tertiary/aromatic N) is 2. The normalized spacial score (nSPS) is 10.9. The Morgan fingerprint density at radius 3 is 2.05 bits per heavy atom. The number of anilines is 2. The molecule has 0 fully saturated rings.